The number of amides is 1. The Morgan fingerprint density at radius 3 is 2.67 bits per heavy atom. The first-order valence-electron chi connectivity index (χ1n) is 5.34. The fourth-order valence-corrected chi connectivity index (χ4v) is 1.95. The minimum Gasteiger partial charge on any atom is -0.347 e. The van der Waals surface area contributed by atoms with Gasteiger partial charge in [0.1, 0.15) is 5.69 Å². The summed E-state index contributed by atoms with van der Waals surface area (Å²) in [6, 6.07) is 4.02. The second kappa shape index (κ2) is 4.06. The van der Waals surface area contributed by atoms with E-state index in [-0.39, 0.29) is 11.9 Å². The number of rotatable bonds is 1. The van der Waals surface area contributed by atoms with Crippen LogP contribution in [0.15, 0.2) is 18.3 Å². The molecule has 0 radical (unpaired) electrons. The molecule has 0 unspecified atom stereocenters. The minimum absolute atomic E-state index is 0.120. The molecule has 82 valence electrons. The van der Waals surface area contributed by atoms with Crippen molar-refractivity contribution in [2.75, 3.05) is 13.1 Å². The number of hydrogen-bond donors (Lipinski definition) is 1. The van der Waals surface area contributed by atoms with Crippen molar-refractivity contribution in [1.29, 1.82) is 0 Å². The summed E-state index contributed by atoms with van der Waals surface area (Å²) in [6.07, 6.45) is 3.72. The number of carbonyl (C=O) groups excluding carboxylic acids is 1. The summed E-state index contributed by atoms with van der Waals surface area (Å²) < 4.78 is 1.86. The molecular formula is C11H17N3O. The van der Waals surface area contributed by atoms with E-state index in [0.29, 0.717) is 0 Å². The van der Waals surface area contributed by atoms with Gasteiger partial charge in [0.2, 0.25) is 0 Å². The molecule has 0 spiro atoms. The fourth-order valence-electron chi connectivity index (χ4n) is 1.95. The van der Waals surface area contributed by atoms with Gasteiger partial charge in [-0.15, -0.1) is 0 Å². The van der Waals surface area contributed by atoms with Crippen molar-refractivity contribution >= 4 is 5.91 Å². The third-order valence-electron chi connectivity index (χ3n) is 2.99. The summed E-state index contributed by atoms with van der Waals surface area (Å²) in [4.78, 5) is 13.9. The molecule has 0 atom stereocenters. The van der Waals surface area contributed by atoms with E-state index in [1.807, 2.05) is 34.8 Å². The third-order valence-corrected chi connectivity index (χ3v) is 2.99. The highest BCUT2D eigenvalue weighted by Gasteiger charge is 2.22. The van der Waals surface area contributed by atoms with Crippen LogP contribution in [0, 0.1) is 0 Å². The zero-order valence-corrected chi connectivity index (χ0v) is 9.02. The fraction of sp³-hybridized carbons (Fsp3) is 0.545. The van der Waals surface area contributed by atoms with Crippen LogP contribution in [-0.4, -0.2) is 34.5 Å². The van der Waals surface area contributed by atoms with Crippen LogP contribution in [-0.2, 0) is 7.05 Å². The number of carbonyl (C=O) groups is 1. The van der Waals surface area contributed by atoms with Crippen LogP contribution >= 0.6 is 0 Å². The highest BCUT2D eigenvalue weighted by molar-refractivity contribution is 5.92. The molecule has 1 aromatic rings. The second-order valence-corrected chi connectivity index (χ2v) is 4.13. The molecule has 2 N–H and O–H groups in total. The van der Waals surface area contributed by atoms with Crippen LogP contribution < -0.4 is 5.73 Å². The molecule has 15 heavy (non-hydrogen) atoms. The standard InChI is InChI=1S/C11H17N3O/c1-13-6-2-3-10(13)11(15)14-7-4-9(12)5-8-14/h2-3,6,9H,4-5,7-8,12H2,1H3. The predicted octanol–water partition coefficient (Wildman–Crippen LogP) is 0.588. The summed E-state index contributed by atoms with van der Waals surface area (Å²) >= 11 is 0. The van der Waals surface area contributed by atoms with Crippen LogP contribution in [0.3, 0.4) is 0 Å². The highest BCUT2D eigenvalue weighted by atomic mass is 16.2. The normalized spacial score (nSPS) is 18.1. The molecule has 0 bridgehead atoms. The van der Waals surface area contributed by atoms with Crippen molar-refractivity contribution in [3.05, 3.63) is 24.0 Å². The van der Waals surface area contributed by atoms with Crippen LogP contribution in [0.5, 0.6) is 0 Å². The van der Waals surface area contributed by atoms with Crippen LogP contribution in [0.25, 0.3) is 0 Å². The summed E-state index contributed by atoms with van der Waals surface area (Å²) in [6.45, 7) is 1.57. The van der Waals surface area contributed by atoms with Crippen molar-refractivity contribution in [3.8, 4) is 0 Å². The lowest BCUT2D eigenvalue weighted by atomic mass is 10.1. The Hall–Kier alpha value is -1.29. The van der Waals surface area contributed by atoms with Crippen LogP contribution in [0.1, 0.15) is 23.3 Å². The molecular weight excluding hydrogens is 190 g/mol. The van der Waals surface area contributed by atoms with Gasteiger partial charge in [-0.25, -0.2) is 0 Å². The first-order chi connectivity index (χ1) is 7.18. The number of nitrogens with two attached hydrogens (primary N) is 1. The van der Waals surface area contributed by atoms with Gasteiger partial charge in [-0.05, 0) is 25.0 Å². The number of likely N-dealkylation sites (tertiary alicyclic amines) is 1. The van der Waals surface area contributed by atoms with Gasteiger partial charge >= 0.3 is 0 Å². The van der Waals surface area contributed by atoms with Gasteiger partial charge in [-0.1, -0.05) is 0 Å². The zero-order valence-electron chi connectivity index (χ0n) is 9.02. The number of hydrogen-bond acceptors (Lipinski definition) is 2. The van der Waals surface area contributed by atoms with Gasteiger partial charge in [-0.2, -0.15) is 0 Å². The molecule has 0 aromatic carbocycles. The van der Waals surface area contributed by atoms with E-state index >= 15 is 0 Å². The summed E-state index contributed by atoms with van der Waals surface area (Å²) in [5, 5.41) is 0. The molecule has 2 rings (SSSR count). The van der Waals surface area contributed by atoms with Crippen molar-refractivity contribution in [2.24, 2.45) is 12.8 Å². The minimum atomic E-state index is 0.120. The lowest BCUT2D eigenvalue weighted by molar-refractivity contribution is 0.0705. The number of nitrogens with zero attached hydrogens (tertiary/aromatic N) is 2. The Labute approximate surface area is 89.7 Å². The van der Waals surface area contributed by atoms with Gasteiger partial charge in [0.05, 0.1) is 0 Å². The molecule has 4 nitrogen and oxygen atoms in total. The van der Waals surface area contributed by atoms with Crippen molar-refractivity contribution in [3.63, 3.8) is 0 Å². The number of aromatic nitrogens is 1. The van der Waals surface area contributed by atoms with E-state index in [9.17, 15) is 4.79 Å². The van der Waals surface area contributed by atoms with Gasteiger partial charge in [0, 0.05) is 32.4 Å². The molecule has 1 amide bonds. The average Bonchev–Trinajstić information content (AvgIpc) is 2.65. The SMILES string of the molecule is Cn1cccc1C(=O)N1CCC(N)CC1. The quantitative estimate of drug-likeness (QED) is 0.732. The zero-order chi connectivity index (χ0) is 10.8. The van der Waals surface area contributed by atoms with E-state index in [1.54, 1.807) is 0 Å². The Kier molecular flexibility index (Phi) is 2.77. The molecule has 1 aliphatic rings. The number of piperidine rings is 1. The molecule has 1 fully saturated rings. The summed E-state index contributed by atoms with van der Waals surface area (Å²) in [5.74, 6) is 0.120. The highest BCUT2D eigenvalue weighted by Crippen LogP contribution is 2.12. The second-order valence-electron chi connectivity index (χ2n) is 4.13. The maximum Gasteiger partial charge on any atom is 0.270 e. The van der Waals surface area contributed by atoms with Crippen molar-refractivity contribution < 1.29 is 4.79 Å². The maximum atomic E-state index is 12.1. The molecule has 1 aromatic heterocycles. The Morgan fingerprint density at radius 2 is 2.13 bits per heavy atom. The largest absolute Gasteiger partial charge is 0.347 e. The molecule has 4 heteroatoms. The molecule has 1 saturated heterocycles. The Morgan fingerprint density at radius 1 is 1.47 bits per heavy atom. The lowest BCUT2D eigenvalue weighted by Gasteiger charge is -2.30. The topological polar surface area (TPSA) is 51.3 Å². The predicted molar refractivity (Wildman–Crippen MR) is 58.5 cm³/mol. The van der Waals surface area contributed by atoms with Gasteiger partial charge in [0.15, 0.2) is 0 Å². The van der Waals surface area contributed by atoms with Gasteiger partial charge < -0.3 is 15.2 Å². The Bertz CT molecular complexity index is 350. The maximum absolute atomic E-state index is 12.1. The van der Waals surface area contributed by atoms with Crippen LogP contribution in [0.4, 0.5) is 0 Å². The van der Waals surface area contributed by atoms with Gasteiger partial charge in [-0.3, -0.25) is 4.79 Å². The van der Waals surface area contributed by atoms with Gasteiger partial charge in [0.25, 0.3) is 5.91 Å². The van der Waals surface area contributed by atoms with Crippen molar-refractivity contribution in [2.45, 2.75) is 18.9 Å². The molecule has 0 saturated carbocycles. The van der Waals surface area contributed by atoms with E-state index in [4.69, 9.17) is 5.73 Å². The first-order valence-corrected chi connectivity index (χ1v) is 5.34. The van der Waals surface area contributed by atoms with E-state index in [2.05, 4.69) is 0 Å². The molecule has 2 heterocycles. The lowest BCUT2D eigenvalue weighted by Crippen LogP contribution is -2.43. The average molecular weight is 207 g/mol. The van der Waals surface area contributed by atoms with Crippen molar-refractivity contribution in [1.82, 2.24) is 9.47 Å². The number of aryl methyl sites for hydroxylation is 1. The monoisotopic (exact) mass is 207 g/mol. The van der Waals surface area contributed by atoms with E-state index < -0.39 is 0 Å². The summed E-state index contributed by atoms with van der Waals surface area (Å²) in [7, 11) is 1.89. The molecule has 0 aliphatic carbocycles. The molecule has 1 aliphatic heterocycles. The van der Waals surface area contributed by atoms with E-state index in [1.165, 1.54) is 0 Å². The first kappa shape index (κ1) is 10.2. The van der Waals surface area contributed by atoms with E-state index in [0.717, 1.165) is 31.6 Å². The summed E-state index contributed by atoms with van der Waals surface area (Å²) in [5.41, 5.74) is 6.56. The third kappa shape index (κ3) is 2.04. The van der Waals surface area contributed by atoms with Crippen LogP contribution in [0.2, 0.25) is 0 Å². The Balaban J connectivity index is 2.06. The smallest absolute Gasteiger partial charge is 0.270 e.